The summed E-state index contributed by atoms with van der Waals surface area (Å²) in [6, 6.07) is 35.2. The number of nitrogens with zero attached hydrogens (tertiary/aromatic N) is 3. The van der Waals surface area contributed by atoms with E-state index in [2.05, 4.69) is 184 Å². The third kappa shape index (κ3) is 5.66. The monoisotopic (exact) mass is 709 g/mol. The van der Waals surface area contributed by atoms with Crippen molar-refractivity contribution in [2.75, 3.05) is 0 Å². The zero-order chi connectivity index (χ0) is 38.5. The summed E-state index contributed by atoms with van der Waals surface area (Å²) < 4.78 is 2.13. The lowest BCUT2D eigenvalue weighted by Crippen LogP contribution is -2.17. The summed E-state index contributed by atoms with van der Waals surface area (Å²) in [4.78, 5) is 10.5. The quantitative estimate of drug-likeness (QED) is 0.198. The number of imidazole rings is 1. The Bertz CT molecular complexity index is 2620. The number of fused-ring (bicyclic) bond motifs is 4. The fourth-order valence-corrected chi connectivity index (χ4v) is 8.59. The second-order valence-electron chi connectivity index (χ2n) is 17.9. The smallest absolute Gasteiger partial charge is 0.144 e. The van der Waals surface area contributed by atoms with Gasteiger partial charge in [-0.25, -0.2) is 4.98 Å². The van der Waals surface area contributed by atoms with Crippen molar-refractivity contribution in [2.24, 2.45) is 7.05 Å². The maximum absolute atomic E-state index is 11.9. The van der Waals surface area contributed by atoms with Crippen LogP contribution in [0.25, 0.3) is 67.1 Å². The van der Waals surface area contributed by atoms with Crippen LogP contribution in [0.5, 0.6) is 5.75 Å². The van der Waals surface area contributed by atoms with Gasteiger partial charge >= 0.3 is 0 Å². The van der Waals surface area contributed by atoms with E-state index in [4.69, 9.17) is 9.97 Å². The van der Waals surface area contributed by atoms with Crippen LogP contribution in [0.15, 0.2) is 103 Å². The number of hydrogen-bond acceptors (Lipinski definition) is 3. The first kappa shape index (κ1) is 35.5. The molecule has 0 amide bonds. The van der Waals surface area contributed by atoms with Gasteiger partial charge in [0.15, 0.2) is 0 Å². The van der Waals surface area contributed by atoms with Crippen LogP contribution in [0, 0.1) is 13.8 Å². The maximum atomic E-state index is 11.9. The summed E-state index contributed by atoms with van der Waals surface area (Å²) in [5.41, 5.74) is 18.4. The van der Waals surface area contributed by atoms with Crippen LogP contribution >= 0.6 is 0 Å². The Balaban J connectivity index is 1.36. The highest BCUT2D eigenvalue weighted by atomic mass is 16.3. The van der Waals surface area contributed by atoms with Gasteiger partial charge in [0.25, 0.3) is 0 Å². The highest BCUT2D eigenvalue weighted by Gasteiger charge is 2.36. The topological polar surface area (TPSA) is 50.9 Å². The van der Waals surface area contributed by atoms with Crippen LogP contribution in [-0.4, -0.2) is 19.6 Å². The van der Waals surface area contributed by atoms with E-state index in [1.807, 2.05) is 0 Å². The van der Waals surface area contributed by atoms with Crippen LogP contribution in [-0.2, 0) is 23.3 Å². The van der Waals surface area contributed by atoms with Crippen LogP contribution in [0.4, 0.5) is 0 Å². The molecule has 0 atom stereocenters. The van der Waals surface area contributed by atoms with Crippen molar-refractivity contribution in [3.8, 4) is 61.8 Å². The van der Waals surface area contributed by atoms with Crippen molar-refractivity contribution in [1.82, 2.24) is 14.5 Å². The number of para-hydroxylation sites is 1. The normalized spacial score (nSPS) is 13.7. The highest BCUT2D eigenvalue weighted by Crippen LogP contribution is 2.50. The summed E-state index contributed by atoms with van der Waals surface area (Å²) in [5.74, 6) is 1.04. The van der Waals surface area contributed by atoms with Gasteiger partial charge in [0.2, 0.25) is 0 Å². The van der Waals surface area contributed by atoms with Crippen molar-refractivity contribution in [3.63, 3.8) is 0 Å². The van der Waals surface area contributed by atoms with E-state index in [1.165, 1.54) is 44.5 Å². The fourth-order valence-electron chi connectivity index (χ4n) is 8.59. The number of aromatic hydroxyl groups is 1. The first-order chi connectivity index (χ1) is 25.4. The van der Waals surface area contributed by atoms with Gasteiger partial charge in [0.05, 0.1) is 22.3 Å². The molecule has 1 N–H and O–H groups in total. The molecular formula is C50H51N3O. The van der Waals surface area contributed by atoms with Gasteiger partial charge < -0.3 is 9.67 Å². The highest BCUT2D eigenvalue weighted by molar-refractivity contribution is 5.97. The predicted octanol–water partition coefficient (Wildman–Crippen LogP) is 12.9. The molecule has 0 unspecified atom stereocenters. The molecule has 54 heavy (non-hydrogen) atoms. The molecule has 4 heteroatoms. The molecule has 0 radical (unpaired) electrons. The Morgan fingerprint density at radius 1 is 0.630 bits per heavy atom. The lowest BCUT2D eigenvalue weighted by Gasteiger charge is -2.27. The summed E-state index contributed by atoms with van der Waals surface area (Å²) >= 11 is 0. The maximum Gasteiger partial charge on any atom is 0.144 e. The molecule has 5 aromatic carbocycles. The number of phenols is 1. The molecule has 0 aliphatic heterocycles. The molecule has 1 aliphatic carbocycles. The summed E-state index contributed by atoms with van der Waals surface area (Å²) in [6.45, 7) is 22.1. The predicted molar refractivity (Wildman–Crippen MR) is 226 cm³/mol. The zero-order valence-electron chi connectivity index (χ0n) is 33.6. The van der Waals surface area contributed by atoms with E-state index in [0.29, 0.717) is 5.75 Å². The van der Waals surface area contributed by atoms with E-state index in [0.717, 1.165) is 55.9 Å². The standard InChI is InChI=1S/C50H51N3O/c1-29-16-14-17-30(2)44(29)33-23-31(22-32(24-33)42-27-37-36-18-12-13-20-39(36)50(9,10)41(37)28-51-42)35-19-15-21-43-45(35)52-47(53(43)11)38-25-34(48(3,4)5)26-40(46(38)54)49(6,7)8/h12-28,54H,1-11H3. The Morgan fingerprint density at radius 2 is 1.28 bits per heavy atom. The van der Waals surface area contributed by atoms with Gasteiger partial charge in [-0.3, -0.25) is 4.98 Å². The minimum Gasteiger partial charge on any atom is -0.507 e. The third-order valence-corrected chi connectivity index (χ3v) is 11.7. The molecule has 0 saturated heterocycles. The summed E-state index contributed by atoms with van der Waals surface area (Å²) in [5, 5.41) is 11.9. The molecule has 7 aromatic rings. The summed E-state index contributed by atoms with van der Waals surface area (Å²) in [7, 11) is 2.06. The van der Waals surface area contributed by atoms with E-state index in [1.54, 1.807) is 0 Å². The molecule has 2 aromatic heterocycles. The van der Waals surface area contributed by atoms with Crippen molar-refractivity contribution in [1.29, 1.82) is 0 Å². The van der Waals surface area contributed by atoms with Crippen molar-refractivity contribution >= 4 is 11.0 Å². The molecule has 0 bridgehead atoms. The number of hydrogen-bond donors (Lipinski definition) is 1. The van der Waals surface area contributed by atoms with E-state index in [9.17, 15) is 5.11 Å². The largest absolute Gasteiger partial charge is 0.507 e. The van der Waals surface area contributed by atoms with Crippen LogP contribution < -0.4 is 0 Å². The Labute approximate surface area is 320 Å². The van der Waals surface area contributed by atoms with Crippen LogP contribution in [0.1, 0.15) is 88.8 Å². The first-order valence-electron chi connectivity index (χ1n) is 19.1. The Hall–Kier alpha value is -5.48. The molecule has 2 heterocycles. The second kappa shape index (κ2) is 12.3. The van der Waals surface area contributed by atoms with Crippen molar-refractivity contribution in [3.05, 3.63) is 137 Å². The Kier molecular flexibility index (Phi) is 8.08. The number of phenolic OH excluding ortho intramolecular Hbond substituents is 1. The van der Waals surface area contributed by atoms with Gasteiger partial charge in [-0.2, -0.15) is 0 Å². The van der Waals surface area contributed by atoms with Gasteiger partial charge in [-0.15, -0.1) is 0 Å². The SMILES string of the molecule is Cc1cccc(C)c1-c1cc(-c2cc3c(cn2)C(C)(C)c2ccccc2-3)cc(-c2cccc3c2nc(-c2cc(C(C)(C)C)cc(C(C)(C)C)c2O)n3C)c1. The van der Waals surface area contributed by atoms with Crippen LogP contribution in [0.2, 0.25) is 0 Å². The van der Waals surface area contributed by atoms with Gasteiger partial charge in [-0.1, -0.05) is 116 Å². The van der Waals surface area contributed by atoms with E-state index < -0.39 is 0 Å². The fraction of sp³-hybridized carbons (Fsp3) is 0.280. The van der Waals surface area contributed by atoms with Gasteiger partial charge in [-0.05, 0) is 117 Å². The molecule has 4 nitrogen and oxygen atoms in total. The first-order valence-corrected chi connectivity index (χ1v) is 19.1. The average Bonchev–Trinajstić information content (AvgIpc) is 3.57. The van der Waals surface area contributed by atoms with Crippen LogP contribution in [0.3, 0.4) is 0 Å². The molecule has 0 saturated carbocycles. The lowest BCUT2D eigenvalue weighted by atomic mass is 9.79. The van der Waals surface area contributed by atoms with E-state index in [-0.39, 0.29) is 16.2 Å². The molecule has 272 valence electrons. The van der Waals surface area contributed by atoms with Gasteiger partial charge in [0, 0.05) is 35.3 Å². The number of aromatic nitrogens is 3. The number of aryl methyl sites for hydroxylation is 3. The molecule has 8 rings (SSSR count). The number of pyridine rings is 1. The zero-order valence-corrected chi connectivity index (χ0v) is 33.6. The molecule has 1 aliphatic rings. The third-order valence-electron chi connectivity index (χ3n) is 11.7. The van der Waals surface area contributed by atoms with Gasteiger partial charge in [0.1, 0.15) is 11.6 Å². The van der Waals surface area contributed by atoms with E-state index >= 15 is 0 Å². The summed E-state index contributed by atoms with van der Waals surface area (Å²) in [6.07, 6.45) is 2.09. The minimum absolute atomic E-state index is 0.105. The van der Waals surface area contributed by atoms with Crippen molar-refractivity contribution < 1.29 is 5.11 Å². The molecule has 0 fully saturated rings. The number of benzene rings is 5. The number of rotatable bonds is 4. The second-order valence-corrected chi connectivity index (χ2v) is 17.9. The Morgan fingerprint density at radius 3 is 1.98 bits per heavy atom. The molecule has 0 spiro atoms. The lowest BCUT2D eigenvalue weighted by molar-refractivity contribution is 0.446. The molecular weight excluding hydrogens is 659 g/mol. The minimum atomic E-state index is -0.246. The van der Waals surface area contributed by atoms with Crippen molar-refractivity contribution in [2.45, 2.75) is 85.5 Å². The average molecular weight is 710 g/mol.